The summed E-state index contributed by atoms with van der Waals surface area (Å²) in [6.45, 7) is 0.462. The average Bonchev–Trinajstić information content (AvgIpc) is 3.17. The molecule has 0 bridgehead atoms. The number of amides is 1. The molecule has 0 spiro atoms. The van der Waals surface area contributed by atoms with Gasteiger partial charge >= 0.3 is 0 Å². The maximum atomic E-state index is 11.8. The Hall–Kier alpha value is -2.40. The maximum absolute atomic E-state index is 11.8. The predicted octanol–water partition coefficient (Wildman–Crippen LogP) is 3.33. The molecule has 100 valence electrons. The minimum Gasteiger partial charge on any atom is -0.472 e. The first-order chi connectivity index (χ1) is 9.83. The van der Waals surface area contributed by atoms with Crippen molar-refractivity contribution in [3.8, 4) is 11.3 Å². The van der Waals surface area contributed by atoms with Gasteiger partial charge in [-0.25, -0.2) is 0 Å². The Bertz CT molecular complexity index is 691. The number of thiophene rings is 1. The zero-order chi connectivity index (χ0) is 13.8. The van der Waals surface area contributed by atoms with Crippen molar-refractivity contribution in [3.63, 3.8) is 0 Å². The molecule has 0 aromatic carbocycles. The molecular weight excluding hydrogens is 272 g/mol. The quantitative estimate of drug-likeness (QED) is 0.799. The van der Waals surface area contributed by atoms with Gasteiger partial charge in [-0.1, -0.05) is 0 Å². The van der Waals surface area contributed by atoms with Gasteiger partial charge in [-0.2, -0.15) is 11.3 Å². The van der Waals surface area contributed by atoms with E-state index in [1.807, 2.05) is 23.6 Å². The third-order valence-corrected chi connectivity index (χ3v) is 3.56. The van der Waals surface area contributed by atoms with Crippen LogP contribution in [0.15, 0.2) is 58.2 Å². The molecule has 0 aliphatic rings. The molecule has 0 radical (unpaired) electrons. The molecular formula is C15H12N2O2S. The van der Waals surface area contributed by atoms with Gasteiger partial charge in [0, 0.05) is 23.7 Å². The highest BCUT2D eigenvalue weighted by Gasteiger charge is 2.07. The minimum absolute atomic E-state index is 0.146. The molecule has 3 heterocycles. The monoisotopic (exact) mass is 284 g/mol. The van der Waals surface area contributed by atoms with Gasteiger partial charge in [-0.05, 0) is 35.2 Å². The lowest BCUT2D eigenvalue weighted by atomic mass is 10.1. The van der Waals surface area contributed by atoms with Gasteiger partial charge < -0.3 is 9.73 Å². The molecule has 1 N–H and O–H groups in total. The van der Waals surface area contributed by atoms with Crippen LogP contribution < -0.4 is 5.32 Å². The third kappa shape index (κ3) is 2.78. The second kappa shape index (κ2) is 5.71. The van der Waals surface area contributed by atoms with Crippen molar-refractivity contribution in [1.82, 2.24) is 10.3 Å². The summed E-state index contributed by atoms with van der Waals surface area (Å²) in [7, 11) is 0. The second-order valence-electron chi connectivity index (χ2n) is 4.26. The lowest BCUT2D eigenvalue weighted by molar-refractivity contribution is 0.0950. The Kier molecular flexibility index (Phi) is 3.60. The Morgan fingerprint density at radius 1 is 1.35 bits per heavy atom. The molecule has 4 nitrogen and oxygen atoms in total. The molecule has 3 rings (SSSR count). The van der Waals surface area contributed by atoms with E-state index in [0.29, 0.717) is 12.1 Å². The predicted molar refractivity (Wildman–Crippen MR) is 77.4 cm³/mol. The molecule has 0 unspecified atom stereocenters. The Morgan fingerprint density at radius 2 is 2.30 bits per heavy atom. The van der Waals surface area contributed by atoms with Gasteiger partial charge in [0.1, 0.15) is 6.26 Å². The lowest BCUT2D eigenvalue weighted by Gasteiger charge is -2.05. The fourth-order valence-electron chi connectivity index (χ4n) is 1.83. The van der Waals surface area contributed by atoms with Crippen LogP contribution in [0.2, 0.25) is 0 Å². The summed E-state index contributed by atoms with van der Waals surface area (Å²) < 4.78 is 4.89. The van der Waals surface area contributed by atoms with E-state index in [-0.39, 0.29) is 5.91 Å². The fourth-order valence-corrected chi connectivity index (χ4v) is 2.48. The molecule has 0 atom stereocenters. The van der Waals surface area contributed by atoms with E-state index in [2.05, 4.69) is 15.7 Å². The van der Waals surface area contributed by atoms with Gasteiger partial charge in [-0.15, -0.1) is 0 Å². The number of nitrogens with one attached hydrogen (secondary N) is 1. The number of aromatic nitrogens is 1. The van der Waals surface area contributed by atoms with Crippen LogP contribution in [0.5, 0.6) is 0 Å². The first-order valence-electron chi connectivity index (χ1n) is 6.11. The second-order valence-corrected chi connectivity index (χ2v) is 5.04. The van der Waals surface area contributed by atoms with E-state index in [1.165, 1.54) is 12.5 Å². The van der Waals surface area contributed by atoms with Crippen LogP contribution in [0.25, 0.3) is 11.3 Å². The Balaban J connectivity index is 1.69. The summed E-state index contributed by atoms with van der Waals surface area (Å²) in [5.74, 6) is -0.146. The summed E-state index contributed by atoms with van der Waals surface area (Å²) in [5.41, 5.74) is 3.55. The van der Waals surface area contributed by atoms with Crippen molar-refractivity contribution in [3.05, 3.63) is 64.9 Å². The number of furan rings is 1. The van der Waals surface area contributed by atoms with Crippen LogP contribution in [-0.2, 0) is 6.54 Å². The summed E-state index contributed by atoms with van der Waals surface area (Å²) in [6.07, 6.45) is 4.67. The highest BCUT2D eigenvalue weighted by molar-refractivity contribution is 7.08. The minimum atomic E-state index is -0.146. The van der Waals surface area contributed by atoms with Gasteiger partial charge in [-0.3, -0.25) is 9.78 Å². The average molecular weight is 284 g/mol. The van der Waals surface area contributed by atoms with Crippen molar-refractivity contribution in [1.29, 1.82) is 0 Å². The van der Waals surface area contributed by atoms with E-state index in [1.54, 1.807) is 23.6 Å². The smallest absolute Gasteiger partial charge is 0.254 e. The maximum Gasteiger partial charge on any atom is 0.254 e. The molecule has 0 aliphatic heterocycles. The zero-order valence-electron chi connectivity index (χ0n) is 10.6. The van der Waals surface area contributed by atoms with Crippen molar-refractivity contribution in [2.75, 3.05) is 0 Å². The van der Waals surface area contributed by atoms with E-state index < -0.39 is 0 Å². The summed E-state index contributed by atoms with van der Waals surface area (Å²) in [4.78, 5) is 16.1. The van der Waals surface area contributed by atoms with Gasteiger partial charge in [0.25, 0.3) is 5.91 Å². The Morgan fingerprint density at radius 3 is 3.05 bits per heavy atom. The highest BCUT2D eigenvalue weighted by Crippen LogP contribution is 2.20. The Labute approximate surface area is 120 Å². The van der Waals surface area contributed by atoms with E-state index >= 15 is 0 Å². The topological polar surface area (TPSA) is 55.1 Å². The van der Waals surface area contributed by atoms with Crippen LogP contribution >= 0.6 is 11.3 Å². The zero-order valence-corrected chi connectivity index (χ0v) is 11.4. The number of hydrogen-bond acceptors (Lipinski definition) is 4. The first kappa shape index (κ1) is 12.6. The first-order valence-corrected chi connectivity index (χ1v) is 7.05. The van der Waals surface area contributed by atoms with E-state index in [0.717, 1.165) is 16.8 Å². The van der Waals surface area contributed by atoms with Gasteiger partial charge in [0.15, 0.2) is 0 Å². The summed E-state index contributed by atoms with van der Waals surface area (Å²) in [6, 6.07) is 7.54. The summed E-state index contributed by atoms with van der Waals surface area (Å²) >= 11 is 1.64. The van der Waals surface area contributed by atoms with Crippen LogP contribution in [0.1, 0.15) is 15.9 Å². The number of hydrogen-bond donors (Lipinski definition) is 1. The number of carbonyl (C=O) groups is 1. The number of carbonyl (C=O) groups excluding carboxylic acids is 1. The number of rotatable bonds is 4. The largest absolute Gasteiger partial charge is 0.472 e. The molecule has 0 fully saturated rings. The molecule has 3 aromatic rings. The molecule has 1 amide bonds. The molecule has 5 heteroatoms. The standard InChI is InChI=1S/C15H12N2O2S/c18-15(12-2-5-19-9-12)17-8-11-1-4-16-14(7-11)13-3-6-20-10-13/h1-7,9-10H,8H2,(H,17,18). The third-order valence-electron chi connectivity index (χ3n) is 2.88. The molecule has 3 aromatic heterocycles. The number of pyridine rings is 1. The number of nitrogens with zero attached hydrogens (tertiary/aromatic N) is 1. The lowest BCUT2D eigenvalue weighted by Crippen LogP contribution is -2.22. The van der Waals surface area contributed by atoms with Crippen molar-refractivity contribution >= 4 is 17.2 Å². The molecule has 0 saturated carbocycles. The van der Waals surface area contributed by atoms with E-state index in [4.69, 9.17) is 4.42 Å². The fraction of sp³-hybridized carbons (Fsp3) is 0.0667. The van der Waals surface area contributed by atoms with Crippen LogP contribution in [-0.4, -0.2) is 10.9 Å². The SMILES string of the molecule is O=C(NCc1ccnc(-c2ccsc2)c1)c1ccoc1. The molecule has 0 saturated heterocycles. The van der Waals surface area contributed by atoms with Crippen LogP contribution in [0.4, 0.5) is 0 Å². The normalized spacial score (nSPS) is 10.4. The van der Waals surface area contributed by atoms with Gasteiger partial charge in [0.05, 0.1) is 17.5 Å². The van der Waals surface area contributed by atoms with Crippen molar-refractivity contribution < 1.29 is 9.21 Å². The van der Waals surface area contributed by atoms with Gasteiger partial charge in [0.2, 0.25) is 0 Å². The van der Waals surface area contributed by atoms with Crippen LogP contribution in [0, 0.1) is 0 Å². The molecule has 20 heavy (non-hydrogen) atoms. The van der Waals surface area contributed by atoms with Crippen molar-refractivity contribution in [2.24, 2.45) is 0 Å². The molecule has 0 aliphatic carbocycles. The van der Waals surface area contributed by atoms with E-state index in [9.17, 15) is 4.79 Å². The van der Waals surface area contributed by atoms with Crippen molar-refractivity contribution in [2.45, 2.75) is 6.54 Å². The van der Waals surface area contributed by atoms with Crippen LogP contribution in [0.3, 0.4) is 0 Å². The highest BCUT2D eigenvalue weighted by atomic mass is 32.1. The summed E-state index contributed by atoms with van der Waals surface area (Å²) in [5, 5.41) is 6.92.